The van der Waals surface area contributed by atoms with E-state index in [4.69, 9.17) is 4.74 Å². The zero-order chi connectivity index (χ0) is 16.8. The summed E-state index contributed by atoms with van der Waals surface area (Å²) in [6, 6.07) is 8.40. The number of likely N-dealkylation sites (N-methyl/N-ethyl adjacent to an activating group) is 1. The number of nitrogens with one attached hydrogen (secondary N) is 2. The van der Waals surface area contributed by atoms with Crippen molar-refractivity contribution in [2.75, 3.05) is 34.3 Å². The van der Waals surface area contributed by atoms with E-state index < -0.39 is 0 Å². The van der Waals surface area contributed by atoms with Crippen LogP contribution >= 0.6 is 0 Å². The van der Waals surface area contributed by atoms with Crippen molar-refractivity contribution >= 4 is 5.91 Å². The van der Waals surface area contributed by atoms with E-state index in [9.17, 15) is 4.79 Å². The molecule has 1 amide bonds. The highest BCUT2D eigenvalue weighted by atomic mass is 16.5. The van der Waals surface area contributed by atoms with E-state index in [-0.39, 0.29) is 23.9 Å². The Morgan fingerprint density at radius 1 is 1.48 bits per heavy atom. The summed E-state index contributed by atoms with van der Waals surface area (Å²) >= 11 is 0. The maximum Gasteiger partial charge on any atom is 0.224 e. The Labute approximate surface area is 139 Å². The van der Waals surface area contributed by atoms with Crippen LogP contribution in [0.1, 0.15) is 31.4 Å². The third kappa shape index (κ3) is 4.69. The smallest absolute Gasteiger partial charge is 0.224 e. The van der Waals surface area contributed by atoms with E-state index >= 15 is 0 Å². The average Bonchev–Trinajstić information content (AvgIpc) is 2.55. The number of rotatable bonds is 6. The van der Waals surface area contributed by atoms with Gasteiger partial charge in [0.1, 0.15) is 5.75 Å². The molecule has 0 aromatic heterocycles. The quantitative estimate of drug-likeness (QED) is 0.839. The number of carbonyl (C=O) groups excluding carboxylic acids is 1. The molecule has 0 saturated carbocycles. The first-order valence-electron chi connectivity index (χ1n) is 8.34. The highest BCUT2D eigenvalue weighted by Crippen LogP contribution is 2.23. The summed E-state index contributed by atoms with van der Waals surface area (Å²) in [7, 11) is 5.73. The molecule has 0 bridgehead atoms. The van der Waals surface area contributed by atoms with E-state index in [1.54, 1.807) is 7.11 Å². The molecule has 1 aromatic carbocycles. The summed E-state index contributed by atoms with van der Waals surface area (Å²) in [5, 5.41) is 6.52. The number of hydrogen-bond donors (Lipinski definition) is 2. The van der Waals surface area contributed by atoms with Gasteiger partial charge in [-0.1, -0.05) is 12.1 Å². The fourth-order valence-corrected chi connectivity index (χ4v) is 3.18. The van der Waals surface area contributed by atoms with E-state index in [0.717, 1.165) is 30.7 Å². The Morgan fingerprint density at radius 3 is 2.91 bits per heavy atom. The second-order valence-corrected chi connectivity index (χ2v) is 6.49. The molecule has 1 aromatic rings. The van der Waals surface area contributed by atoms with Crippen molar-refractivity contribution in [1.82, 2.24) is 15.5 Å². The van der Waals surface area contributed by atoms with Crippen LogP contribution in [-0.4, -0.2) is 51.1 Å². The number of benzene rings is 1. The second kappa shape index (κ2) is 8.31. The first-order chi connectivity index (χ1) is 11.0. The number of ether oxygens (including phenoxy) is 1. The molecule has 1 aliphatic rings. The van der Waals surface area contributed by atoms with Crippen LogP contribution in [0.25, 0.3) is 0 Å². The molecule has 0 aliphatic carbocycles. The van der Waals surface area contributed by atoms with E-state index in [2.05, 4.69) is 28.5 Å². The normalized spacial score (nSPS) is 22.7. The summed E-state index contributed by atoms with van der Waals surface area (Å²) in [5.74, 6) is 1.06. The predicted molar refractivity (Wildman–Crippen MR) is 92.6 cm³/mol. The minimum absolute atomic E-state index is 0.0665. The van der Waals surface area contributed by atoms with Gasteiger partial charge < -0.3 is 20.3 Å². The lowest BCUT2D eigenvalue weighted by Crippen LogP contribution is -2.48. The molecule has 3 atom stereocenters. The van der Waals surface area contributed by atoms with Gasteiger partial charge in [0.25, 0.3) is 0 Å². The third-order valence-corrected chi connectivity index (χ3v) is 4.67. The zero-order valence-electron chi connectivity index (χ0n) is 14.6. The van der Waals surface area contributed by atoms with E-state index in [1.165, 1.54) is 0 Å². The molecule has 1 aliphatic heterocycles. The molecule has 2 N–H and O–H groups in total. The van der Waals surface area contributed by atoms with Gasteiger partial charge in [-0.2, -0.15) is 0 Å². The van der Waals surface area contributed by atoms with Crippen LogP contribution in [0.3, 0.4) is 0 Å². The zero-order valence-corrected chi connectivity index (χ0v) is 14.6. The Morgan fingerprint density at radius 2 is 2.26 bits per heavy atom. The lowest BCUT2D eigenvalue weighted by atomic mass is 9.91. The van der Waals surface area contributed by atoms with Gasteiger partial charge in [0.2, 0.25) is 5.91 Å². The van der Waals surface area contributed by atoms with Crippen LogP contribution in [-0.2, 0) is 4.79 Å². The van der Waals surface area contributed by atoms with E-state index in [0.29, 0.717) is 6.54 Å². The minimum atomic E-state index is 0.0665. The van der Waals surface area contributed by atoms with Gasteiger partial charge in [-0.25, -0.2) is 0 Å². The summed E-state index contributed by atoms with van der Waals surface area (Å²) in [6.45, 7) is 3.70. The van der Waals surface area contributed by atoms with Crippen LogP contribution in [0.4, 0.5) is 0 Å². The number of amides is 1. The number of hydrogen-bond acceptors (Lipinski definition) is 4. The summed E-state index contributed by atoms with van der Waals surface area (Å²) in [4.78, 5) is 14.6. The van der Waals surface area contributed by atoms with Gasteiger partial charge in [-0.3, -0.25) is 4.79 Å². The van der Waals surface area contributed by atoms with Gasteiger partial charge in [-0.15, -0.1) is 0 Å². The average molecular weight is 319 g/mol. The van der Waals surface area contributed by atoms with Crippen molar-refractivity contribution in [3.63, 3.8) is 0 Å². The highest BCUT2D eigenvalue weighted by Gasteiger charge is 2.28. The third-order valence-electron chi connectivity index (χ3n) is 4.67. The molecule has 1 heterocycles. The Kier molecular flexibility index (Phi) is 6.42. The molecule has 128 valence electrons. The lowest BCUT2D eigenvalue weighted by Gasteiger charge is -2.31. The van der Waals surface area contributed by atoms with Gasteiger partial charge in [0.15, 0.2) is 0 Å². The largest absolute Gasteiger partial charge is 0.497 e. The van der Waals surface area contributed by atoms with Crippen LogP contribution in [0.2, 0.25) is 0 Å². The van der Waals surface area contributed by atoms with Crippen LogP contribution in [0.5, 0.6) is 5.75 Å². The first-order valence-corrected chi connectivity index (χ1v) is 8.34. The van der Waals surface area contributed by atoms with Crippen molar-refractivity contribution in [1.29, 1.82) is 0 Å². The van der Waals surface area contributed by atoms with Crippen molar-refractivity contribution in [3.8, 4) is 5.75 Å². The molecule has 5 nitrogen and oxygen atoms in total. The SMILES string of the molecule is COc1cccc(C(CNC(=O)C2CCCNC2C)N(C)C)c1. The second-order valence-electron chi connectivity index (χ2n) is 6.49. The number of nitrogens with zero attached hydrogens (tertiary/aromatic N) is 1. The maximum atomic E-state index is 12.5. The Hall–Kier alpha value is -1.59. The summed E-state index contributed by atoms with van der Waals surface area (Å²) < 4.78 is 5.31. The molecule has 0 spiro atoms. The molecule has 23 heavy (non-hydrogen) atoms. The predicted octanol–water partition coefficient (Wildman–Crippen LogP) is 1.80. The molecule has 2 rings (SSSR count). The van der Waals surface area contributed by atoms with Gasteiger partial charge in [-0.05, 0) is 58.1 Å². The Bertz CT molecular complexity index is 519. The summed E-state index contributed by atoms with van der Waals surface area (Å²) in [5.41, 5.74) is 1.14. The molecule has 0 radical (unpaired) electrons. The molecule has 5 heteroatoms. The number of piperidine rings is 1. The maximum absolute atomic E-state index is 12.5. The van der Waals surface area contributed by atoms with Crippen molar-refractivity contribution in [2.24, 2.45) is 5.92 Å². The summed E-state index contributed by atoms with van der Waals surface area (Å²) in [6.07, 6.45) is 2.03. The fourth-order valence-electron chi connectivity index (χ4n) is 3.18. The molecule has 3 unspecified atom stereocenters. The first kappa shape index (κ1) is 17.8. The van der Waals surface area contributed by atoms with Crippen LogP contribution < -0.4 is 15.4 Å². The number of methoxy groups -OCH3 is 1. The van der Waals surface area contributed by atoms with Gasteiger partial charge in [0.05, 0.1) is 19.1 Å². The number of carbonyl (C=O) groups is 1. The van der Waals surface area contributed by atoms with Crippen molar-refractivity contribution in [2.45, 2.75) is 31.8 Å². The molecular weight excluding hydrogens is 290 g/mol. The van der Waals surface area contributed by atoms with Gasteiger partial charge >= 0.3 is 0 Å². The minimum Gasteiger partial charge on any atom is -0.497 e. The molecular formula is C18H29N3O2. The van der Waals surface area contributed by atoms with E-state index in [1.807, 2.05) is 32.3 Å². The van der Waals surface area contributed by atoms with Crippen LogP contribution in [0, 0.1) is 5.92 Å². The highest BCUT2D eigenvalue weighted by molar-refractivity contribution is 5.79. The standard InChI is InChI=1S/C18H29N3O2/c1-13-16(9-6-10-19-13)18(22)20-12-17(21(2)3)14-7-5-8-15(11-14)23-4/h5,7-8,11,13,16-17,19H,6,9-10,12H2,1-4H3,(H,20,22). The molecule has 1 fully saturated rings. The monoisotopic (exact) mass is 319 g/mol. The van der Waals surface area contributed by atoms with Crippen molar-refractivity contribution in [3.05, 3.63) is 29.8 Å². The Balaban J connectivity index is 2.00. The fraction of sp³-hybridized carbons (Fsp3) is 0.611. The topological polar surface area (TPSA) is 53.6 Å². The lowest BCUT2D eigenvalue weighted by molar-refractivity contribution is -0.126. The van der Waals surface area contributed by atoms with Gasteiger partial charge in [0, 0.05) is 12.6 Å². The molecule has 1 saturated heterocycles. The van der Waals surface area contributed by atoms with Crippen LogP contribution in [0.15, 0.2) is 24.3 Å². The van der Waals surface area contributed by atoms with Crippen molar-refractivity contribution < 1.29 is 9.53 Å².